The van der Waals surface area contributed by atoms with Crippen LogP contribution in [-0.4, -0.2) is 5.78 Å². The van der Waals surface area contributed by atoms with Gasteiger partial charge in [0, 0.05) is 6.42 Å². The summed E-state index contributed by atoms with van der Waals surface area (Å²) in [7, 11) is 0. The highest BCUT2D eigenvalue weighted by Gasteiger charge is 2.28. The average Bonchev–Trinajstić information content (AvgIpc) is 3.15. The molecule has 132 valence electrons. The number of benzene rings is 2. The number of carbonyl (C=O) groups excluding carboxylic acids is 1. The second kappa shape index (κ2) is 8.65. The van der Waals surface area contributed by atoms with Crippen LogP contribution in [0.3, 0.4) is 0 Å². The molecule has 0 aliphatic carbocycles. The lowest BCUT2D eigenvalue weighted by Crippen LogP contribution is -2.10. The number of carbonyl (C=O) groups is 1. The van der Waals surface area contributed by atoms with Crippen molar-refractivity contribution in [3.8, 4) is 12.1 Å². The lowest BCUT2D eigenvalue weighted by Gasteiger charge is -2.15. The van der Waals surface area contributed by atoms with Crippen molar-refractivity contribution in [2.75, 3.05) is 0 Å². The molecule has 0 unspecified atom stereocenters. The Morgan fingerprint density at radius 1 is 0.852 bits per heavy atom. The van der Waals surface area contributed by atoms with Gasteiger partial charge in [-0.15, -0.1) is 0 Å². The monoisotopic (exact) mass is 354 g/mol. The summed E-state index contributed by atoms with van der Waals surface area (Å²) >= 11 is 0. The van der Waals surface area contributed by atoms with Gasteiger partial charge in [-0.2, -0.15) is 10.5 Å². The van der Waals surface area contributed by atoms with Gasteiger partial charge >= 0.3 is 0 Å². The predicted molar refractivity (Wildman–Crippen MR) is 101 cm³/mol. The van der Waals surface area contributed by atoms with Crippen LogP contribution in [0.1, 0.15) is 28.6 Å². The van der Waals surface area contributed by atoms with Gasteiger partial charge in [-0.05, 0) is 23.3 Å². The highest BCUT2D eigenvalue weighted by Crippen LogP contribution is 2.33. The highest BCUT2D eigenvalue weighted by molar-refractivity contribution is 5.82. The number of nitriles is 2. The Labute approximate surface area is 158 Å². The summed E-state index contributed by atoms with van der Waals surface area (Å²) < 4.78 is 5.87. The molecule has 1 heterocycles. The molecule has 1 aromatic heterocycles. The van der Waals surface area contributed by atoms with E-state index in [4.69, 9.17) is 4.42 Å². The van der Waals surface area contributed by atoms with E-state index in [9.17, 15) is 15.3 Å². The third kappa shape index (κ3) is 4.51. The van der Waals surface area contributed by atoms with Crippen LogP contribution in [0.4, 0.5) is 0 Å². The molecule has 4 heteroatoms. The lowest BCUT2D eigenvalue weighted by molar-refractivity contribution is -0.118. The lowest BCUT2D eigenvalue weighted by atomic mass is 9.86. The summed E-state index contributed by atoms with van der Waals surface area (Å²) in [6.45, 7) is 0. The number of nitrogens with zero attached hydrogens (tertiary/aromatic N) is 2. The first kappa shape index (κ1) is 18.2. The zero-order valence-electron chi connectivity index (χ0n) is 14.7. The van der Waals surface area contributed by atoms with Crippen LogP contribution < -0.4 is 0 Å². The average molecular weight is 354 g/mol. The summed E-state index contributed by atoms with van der Waals surface area (Å²) in [5.41, 5.74) is 1.80. The molecule has 0 aliphatic rings. The SMILES string of the molecule is N#CC(C#N)[C@H](c1ccccc1)c1ccc(CC(=O)Cc2ccccc2)o1. The Morgan fingerprint density at radius 2 is 1.48 bits per heavy atom. The van der Waals surface area contributed by atoms with Gasteiger partial charge in [0.05, 0.1) is 24.5 Å². The van der Waals surface area contributed by atoms with Gasteiger partial charge in [0.25, 0.3) is 0 Å². The fourth-order valence-electron chi connectivity index (χ4n) is 3.10. The maximum atomic E-state index is 12.3. The molecule has 0 bridgehead atoms. The molecule has 0 spiro atoms. The van der Waals surface area contributed by atoms with Gasteiger partial charge in [0.15, 0.2) is 0 Å². The summed E-state index contributed by atoms with van der Waals surface area (Å²) in [4.78, 5) is 12.3. The standard InChI is InChI=1S/C23H18N2O2/c24-15-19(16-25)23(18-9-5-2-6-10-18)22-12-11-21(27-22)14-20(26)13-17-7-3-1-4-8-17/h1-12,19,23H,13-14H2/t23-/m0/s1. The molecule has 1 atom stereocenters. The second-order valence-corrected chi connectivity index (χ2v) is 6.31. The maximum absolute atomic E-state index is 12.3. The van der Waals surface area contributed by atoms with Crippen molar-refractivity contribution in [2.45, 2.75) is 18.8 Å². The van der Waals surface area contributed by atoms with Crippen molar-refractivity contribution in [3.05, 3.63) is 95.4 Å². The molecular formula is C23H18N2O2. The molecule has 4 nitrogen and oxygen atoms in total. The zero-order chi connectivity index (χ0) is 19.1. The van der Waals surface area contributed by atoms with Gasteiger partial charge in [-0.1, -0.05) is 60.7 Å². The number of rotatable bonds is 7. The maximum Gasteiger partial charge on any atom is 0.147 e. The molecule has 0 fully saturated rings. The highest BCUT2D eigenvalue weighted by atomic mass is 16.3. The van der Waals surface area contributed by atoms with E-state index in [2.05, 4.69) is 0 Å². The van der Waals surface area contributed by atoms with Crippen LogP contribution in [0, 0.1) is 28.6 Å². The van der Waals surface area contributed by atoms with Crippen LogP contribution >= 0.6 is 0 Å². The minimum absolute atomic E-state index is 0.0514. The van der Waals surface area contributed by atoms with Crippen LogP contribution in [0.2, 0.25) is 0 Å². The summed E-state index contributed by atoms with van der Waals surface area (Å²) in [6, 6.07) is 26.5. The molecule has 2 aromatic carbocycles. The molecule has 3 rings (SSSR count). The normalized spacial score (nSPS) is 11.5. The largest absolute Gasteiger partial charge is 0.465 e. The zero-order valence-corrected chi connectivity index (χ0v) is 14.7. The van der Waals surface area contributed by atoms with Crippen molar-refractivity contribution in [2.24, 2.45) is 5.92 Å². The van der Waals surface area contributed by atoms with Gasteiger partial charge in [0.2, 0.25) is 0 Å². The van der Waals surface area contributed by atoms with Crippen molar-refractivity contribution < 1.29 is 9.21 Å². The van der Waals surface area contributed by atoms with E-state index in [1.165, 1.54) is 0 Å². The van der Waals surface area contributed by atoms with E-state index in [0.29, 0.717) is 17.9 Å². The number of hydrogen-bond acceptors (Lipinski definition) is 4. The Balaban J connectivity index is 1.79. The number of hydrogen-bond donors (Lipinski definition) is 0. The number of Topliss-reactive ketones (excluding diaryl/α,β-unsaturated/α-hetero) is 1. The smallest absolute Gasteiger partial charge is 0.147 e. The number of furan rings is 1. The molecule has 3 aromatic rings. The van der Waals surface area contributed by atoms with E-state index < -0.39 is 11.8 Å². The molecule has 0 radical (unpaired) electrons. The van der Waals surface area contributed by atoms with Gasteiger partial charge in [-0.25, -0.2) is 0 Å². The Morgan fingerprint density at radius 3 is 2.11 bits per heavy atom. The minimum atomic E-state index is -0.869. The fraction of sp³-hybridized carbons (Fsp3) is 0.174. The third-order valence-electron chi connectivity index (χ3n) is 4.37. The van der Waals surface area contributed by atoms with Crippen LogP contribution in [0.5, 0.6) is 0 Å². The molecule has 0 N–H and O–H groups in total. The molecular weight excluding hydrogens is 336 g/mol. The van der Waals surface area contributed by atoms with Crippen LogP contribution in [0.15, 0.2) is 77.2 Å². The Hall–Kier alpha value is -3.63. The van der Waals surface area contributed by atoms with E-state index in [-0.39, 0.29) is 12.2 Å². The molecule has 0 saturated heterocycles. The van der Waals surface area contributed by atoms with Gasteiger partial charge in [0.1, 0.15) is 23.2 Å². The summed E-state index contributed by atoms with van der Waals surface area (Å²) in [6.07, 6.45) is 0.526. The first-order valence-corrected chi connectivity index (χ1v) is 8.69. The van der Waals surface area contributed by atoms with Crippen LogP contribution in [0.25, 0.3) is 0 Å². The predicted octanol–water partition coefficient (Wildman–Crippen LogP) is 4.43. The van der Waals surface area contributed by atoms with Crippen molar-refractivity contribution in [3.63, 3.8) is 0 Å². The van der Waals surface area contributed by atoms with Crippen LogP contribution in [-0.2, 0) is 17.6 Å². The first-order valence-electron chi connectivity index (χ1n) is 8.69. The Kier molecular flexibility index (Phi) is 5.82. The van der Waals surface area contributed by atoms with Crippen molar-refractivity contribution in [1.82, 2.24) is 0 Å². The fourth-order valence-corrected chi connectivity index (χ4v) is 3.10. The minimum Gasteiger partial charge on any atom is -0.465 e. The second-order valence-electron chi connectivity index (χ2n) is 6.31. The summed E-state index contributed by atoms with van der Waals surface area (Å²) in [5.74, 6) is -0.237. The van der Waals surface area contributed by atoms with Gasteiger partial charge < -0.3 is 4.42 Å². The quantitative estimate of drug-likeness (QED) is 0.629. The van der Waals surface area contributed by atoms with E-state index >= 15 is 0 Å². The van der Waals surface area contributed by atoms with Gasteiger partial charge in [-0.3, -0.25) is 4.79 Å². The third-order valence-corrected chi connectivity index (χ3v) is 4.37. The molecule has 0 saturated carbocycles. The summed E-state index contributed by atoms with van der Waals surface area (Å²) in [5, 5.41) is 18.7. The van der Waals surface area contributed by atoms with Crippen molar-refractivity contribution in [1.29, 1.82) is 10.5 Å². The topological polar surface area (TPSA) is 77.8 Å². The molecule has 0 aliphatic heterocycles. The number of ketones is 1. The Bertz CT molecular complexity index is 964. The van der Waals surface area contributed by atoms with E-state index in [1.54, 1.807) is 12.1 Å². The van der Waals surface area contributed by atoms with E-state index in [1.807, 2.05) is 72.8 Å². The molecule has 0 amide bonds. The molecule has 27 heavy (non-hydrogen) atoms. The van der Waals surface area contributed by atoms with Crippen molar-refractivity contribution >= 4 is 5.78 Å². The first-order chi connectivity index (χ1) is 13.2. The van der Waals surface area contributed by atoms with E-state index in [0.717, 1.165) is 11.1 Å².